The lowest BCUT2D eigenvalue weighted by Crippen LogP contribution is -2.46. The molecule has 1 aromatic rings. The van der Waals surface area contributed by atoms with Crippen LogP contribution in [0.15, 0.2) is 29.2 Å². The lowest BCUT2D eigenvalue weighted by Gasteiger charge is -2.32. The number of hydrogen-bond acceptors (Lipinski definition) is 4. The summed E-state index contributed by atoms with van der Waals surface area (Å²) in [6, 6.07) is 5.53. The fourth-order valence-corrected chi connectivity index (χ4v) is 3.57. The molecule has 3 N–H and O–H groups in total. The molecule has 0 aromatic heterocycles. The summed E-state index contributed by atoms with van der Waals surface area (Å²) in [6.07, 6.45) is 0.847. The van der Waals surface area contributed by atoms with Gasteiger partial charge in [-0.25, -0.2) is 13.1 Å². The van der Waals surface area contributed by atoms with Crippen LogP contribution in [0.5, 0.6) is 0 Å². The van der Waals surface area contributed by atoms with E-state index in [4.69, 9.17) is 5.11 Å². The minimum atomic E-state index is -3.58. The Morgan fingerprint density at radius 3 is 2.29 bits per heavy atom. The third-order valence-corrected chi connectivity index (χ3v) is 5.37. The first-order valence-corrected chi connectivity index (χ1v) is 9.30. The average Bonchev–Trinajstić information content (AvgIpc) is 2.48. The van der Waals surface area contributed by atoms with Gasteiger partial charge in [0.05, 0.1) is 10.8 Å². The summed E-state index contributed by atoms with van der Waals surface area (Å²) in [4.78, 5) is 22.9. The van der Waals surface area contributed by atoms with E-state index in [1.54, 1.807) is 0 Å². The van der Waals surface area contributed by atoms with Crippen LogP contribution >= 0.6 is 0 Å². The standard InChI is InChI=1S/C16H22N2O5S/c1-10(2)9-17-24(22,23)14-5-3-11(4-6-14)15(19)18-13-7-12(8-13)16(20)21/h3-6,10,12-13,17H,7-9H2,1-2H3,(H,18,19)(H,20,21). The van der Waals surface area contributed by atoms with Crippen molar-refractivity contribution in [3.63, 3.8) is 0 Å². The summed E-state index contributed by atoms with van der Waals surface area (Å²) >= 11 is 0. The molecule has 1 aliphatic carbocycles. The Labute approximate surface area is 141 Å². The van der Waals surface area contributed by atoms with Crippen molar-refractivity contribution in [2.75, 3.05) is 6.54 Å². The van der Waals surface area contributed by atoms with Crippen LogP contribution in [0.4, 0.5) is 0 Å². The average molecular weight is 354 g/mol. The van der Waals surface area contributed by atoms with Gasteiger partial charge in [0.1, 0.15) is 0 Å². The van der Waals surface area contributed by atoms with Crippen molar-refractivity contribution in [1.29, 1.82) is 0 Å². The summed E-state index contributed by atoms with van der Waals surface area (Å²) in [5.74, 6) is -1.37. The topological polar surface area (TPSA) is 113 Å². The van der Waals surface area contributed by atoms with E-state index in [1.165, 1.54) is 24.3 Å². The Bertz CT molecular complexity index is 706. The molecule has 1 aromatic carbocycles. The smallest absolute Gasteiger partial charge is 0.306 e. The second-order valence-corrected chi connectivity index (χ2v) is 8.21. The van der Waals surface area contributed by atoms with Crippen LogP contribution in [-0.2, 0) is 14.8 Å². The molecule has 1 aliphatic rings. The molecule has 0 unspecified atom stereocenters. The number of benzene rings is 1. The van der Waals surface area contributed by atoms with Gasteiger partial charge < -0.3 is 10.4 Å². The van der Waals surface area contributed by atoms with Crippen molar-refractivity contribution >= 4 is 21.9 Å². The molecule has 0 atom stereocenters. The molecule has 24 heavy (non-hydrogen) atoms. The molecule has 1 fully saturated rings. The quantitative estimate of drug-likeness (QED) is 0.681. The van der Waals surface area contributed by atoms with Gasteiger partial charge in [-0.15, -0.1) is 0 Å². The van der Waals surface area contributed by atoms with Crippen LogP contribution in [0, 0.1) is 11.8 Å². The van der Waals surface area contributed by atoms with Crippen molar-refractivity contribution in [3.8, 4) is 0 Å². The Morgan fingerprint density at radius 2 is 1.79 bits per heavy atom. The number of sulfonamides is 1. The third-order valence-electron chi connectivity index (χ3n) is 3.93. The highest BCUT2D eigenvalue weighted by Crippen LogP contribution is 2.27. The van der Waals surface area contributed by atoms with Crippen molar-refractivity contribution < 1.29 is 23.1 Å². The molecule has 132 valence electrons. The van der Waals surface area contributed by atoms with E-state index in [-0.39, 0.29) is 22.8 Å². The highest BCUT2D eigenvalue weighted by Gasteiger charge is 2.35. The lowest BCUT2D eigenvalue weighted by atomic mass is 9.80. The van der Waals surface area contributed by atoms with Gasteiger partial charge in [-0.05, 0) is 43.0 Å². The Balaban J connectivity index is 1.94. The molecule has 0 heterocycles. The first-order valence-electron chi connectivity index (χ1n) is 7.82. The van der Waals surface area contributed by atoms with Gasteiger partial charge in [0.15, 0.2) is 0 Å². The molecule has 0 spiro atoms. The molecule has 0 aliphatic heterocycles. The highest BCUT2D eigenvalue weighted by molar-refractivity contribution is 7.89. The number of nitrogens with one attached hydrogen (secondary N) is 2. The van der Waals surface area contributed by atoms with E-state index < -0.39 is 21.9 Å². The number of carbonyl (C=O) groups excluding carboxylic acids is 1. The van der Waals surface area contributed by atoms with Gasteiger partial charge in [0.2, 0.25) is 10.0 Å². The molecule has 2 rings (SSSR count). The maximum absolute atomic E-state index is 12.1. The molecule has 8 heteroatoms. The number of amides is 1. The monoisotopic (exact) mass is 354 g/mol. The number of aliphatic carboxylic acids is 1. The largest absolute Gasteiger partial charge is 0.481 e. The fraction of sp³-hybridized carbons (Fsp3) is 0.500. The molecule has 7 nitrogen and oxygen atoms in total. The summed E-state index contributed by atoms with van der Waals surface area (Å²) in [7, 11) is -3.58. The third kappa shape index (κ3) is 4.55. The number of carboxylic acids is 1. The summed E-state index contributed by atoms with van der Waals surface area (Å²) < 4.78 is 26.7. The first kappa shape index (κ1) is 18.4. The zero-order valence-corrected chi connectivity index (χ0v) is 14.5. The highest BCUT2D eigenvalue weighted by atomic mass is 32.2. The van der Waals surface area contributed by atoms with E-state index in [0.717, 1.165) is 0 Å². The van der Waals surface area contributed by atoms with Crippen LogP contribution in [-0.4, -0.2) is 38.0 Å². The molecule has 1 saturated carbocycles. The number of hydrogen-bond donors (Lipinski definition) is 3. The number of rotatable bonds is 7. The maximum atomic E-state index is 12.1. The fourth-order valence-electron chi connectivity index (χ4n) is 2.35. The second kappa shape index (κ2) is 7.31. The van der Waals surface area contributed by atoms with Gasteiger partial charge in [-0.1, -0.05) is 13.8 Å². The second-order valence-electron chi connectivity index (χ2n) is 6.45. The minimum absolute atomic E-state index is 0.106. The zero-order valence-electron chi connectivity index (χ0n) is 13.7. The van der Waals surface area contributed by atoms with E-state index in [2.05, 4.69) is 10.0 Å². The molecule has 0 bridgehead atoms. The molecular formula is C16H22N2O5S. The van der Waals surface area contributed by atoms with E-state index in [1.807, 2.05) is 13.8 Å². The summed E-state index contributed by atoms with van der Waals surface area (Å²) in [5.41, 5.74) is 0.344. The van der Waals surface area contributed by atoms with Crippen LogP contribution < -0.4 is 10.0 Å². The van der Waals surface area contributed by atoms with Crippen molar-refractivity contribution in [2.45, 2.75) is 37.6 Å². The molecule has 1 amide bonds. The van der Waals surface area contributed by atoms with Gasteiger partial charge >= 0.3 is 5.97 Å². The van der Waals surface area contributed by atoms with Crippen LogP contribution in [0.25, 0.3) is 0 Å². The predicted molar refractivity (Wildman–Crippen MR) is 88.1 cm³/mol. The van der Waals surface area contributed by atoms with Crippen LogP contribution in [0.3, 0.4) is 0 Å². The molecule has 0 radical (unpaired) electrons. The normalized spacial score (nSPS) is 20.5. The van der Waals surface area contributed by atoms with Gasteiger partial charge in [0, 0.05) is 18.2 Å². The van der Waals surface area contributed by atoms with E-state index >= 15 is 0 Å². The number of carboxylic acid groups (broad SMARTS) is 1. The van der Waals surface area contributed by atoms with E-state index in [9.17, 15) is 18.0 Å². The van der Waals surface area contributed by atoms with Crippen molar-refractivity contribution in [3.05, 3.63) is 29.8 Å². The Morgan fingerprint density at radius 1 is 1.21 bits per heavy atom. The summed E-state index contributed by atoms with van der Waals surface area (Å²) in [6.45, 7) is 4.16. The van der Waals surface area contributed by atoms with E-state index in [0.29, 0.717) is 24.9 Å². The lowest BCUT2D eigenvalue weighted by molar-refractivity contribution is -0.145. The first-order chi connectivity index (χ1) is 11.2. The van der Waals surface area contributed by atoms with Gasteiger partial charge in [-0.2, -0.15) is 0 Å². The SMILES string of the molecule is CC(C)CNS(=O)(=O)c1ccc(C(=O)NC2CC(C(=O)O)C2)cc1. The van der Waals surface area contributed by atoms with Crippen LogP contribution in [0.1, 0.15) is 37.0 Å². The minimum Gasteiger partial charge on any atom is -0.481 e. The molecule has 0 saturated heterocycles. The number of carbonyl (C=O) groups is 2. The predicted octanol–water partition coefficient (Wildman–Crippen LogP) is 1.21. The molecular weight excluding hydrogens is 332 g/mol. The van der Waals surface area contributed by atoms with Crippen molar-refractivity contribution in [2.24, 2.45) is 11.8 Å². The Hall–Kier alpha value is -1.93. The van der Waals surface area contributed by atoms with Gasteiger partial charge in [0.25, 0.3) is 5.91 Å². The summed E-state index contributed by atoms with van der Waals surface area (Å²) in [5, 5.41) is 11.6. The Kier molecular flexibility index (Phi) is 5.61. The van der Waals surface area contributed by atoms with Gasteiger partial charge in [-0.3, -0.25) is 9.59 Å². The van der Waals surface area contributed by atoms with Crippen molar-refractivity contribution in [1.82, 2.24) is 10.0 Å². The maximum Gasteiger partial charge on any atom is 0.306 e. The van der Waals surface area contributed by atoms with Crippen LogP contribution in [0.2, 0.25) is 0 Å². The zero-order chi connectivity index (χ0) is 17.9.